The first kappa shape index (κ1) is 24.2. The van der Waals surface area contributed by atoms with Crippen LogP contribution in [0.1, 0.15) is 38.2 Å². The number of carbonyl (C=O) groups is 1. The second-order valence-electron chi connectivity index (χ2n) is 9.47. The smallest absolute Gasteiger partial charge is 0.320 e. The number of benzene rings is 3. The van der Waals surface area contributed by atoms with Crippen molar-refractivity contribution in [1.82, 2.24) is 18.7 Å². The summed E-state index contributed by atoms with van der Waals surface area (Å²) in [7, 11) is 0. The Kier molecular flexibility index (Phi) is 6.44. The van der Waals surface area contributed by atoms with E-state index in [4.69, 9.17) is 0 Å². The summed E-state index contributed by atoms with van der Waals surface area (Å²) in [5.41, 5.74) is 4.68. The van der Waals surface area contributed by atoms with Gasteiger partial charge in [-0.15, -0.1) is 0 Å². The molecule has 5 aromatic rings. The summed E-state index contributed by atoms with van der Waals surface area (Å²) in [4.78, 5) is 45.4. The Labute approximate surface area is 214 Å². The van der Waals surface area contributed by atoms with E-state index in [2.05, 4.69) is 4.98 Å². The summed E-state index contributed by atoms with van der Waals surface area (Å²) < 4.78 is 4.28. The molecule has 37 heavy (non-hydrogen) atoms. The Morgan fingerprint density at radius 2 is 1.35 bits per heavy atom. The van der Waals surface area contributed by atoms with Crippen LogP contribution < -0.4 is 11.2 Å². The molecule has 186 valence electrons. The fraction of sp³-hybridized carbons (Fsp3) is 0.200. The Morgan fingerprint density at radius 3 is 1.95 bits per heavy atom. The summed E-state index contributed by atoms with van der Waals surface area (Å²) in [5, 5.41) is 0. The Bertz CT molecular complexity index is 1710. The zero-order valence-electron chi connectivity index (χ0n) is 21.1. The van der Waals surface area contributed by atoms with Gasteiger partial charge in [-0.05, 0) is 43.0 Å². The molecule has 2 heterocycles. The summed E-state index contributed by atoms with van der Waals surface area (Å²) in [6.45, 7) is 6.03. The first-order valence-electron chi connectivity index (χ1n) is 12.2. The molecule has 0 amide bonds. The number of carbonyl (C=O) groups excluding carboxylic acids is 1. The molecule has 0 bridgehead atoms. The summed E-state index contributed by atoms with van der Waals surface area (Å²) >= 11 is 0. The molecule has 2 aromatic heterocycles. The zero-order valence-corrected chi connectivity index (χ0v) is 21.1. The van der Waals surface area contributed by atoms with Crippen molar-refractivity contribution in [3.8, 4) is 0 Å². The summed E-state index contributed by atoms with van der Waals surface area (Å²) in [6, 6.07) is 23.1. The average molecular weight is 493 g/mol. The molecule has 0 radical (unpaired) electrons. The molecular weight excluding hydrogens is 464 g/mol. The van der Waals surface area contributed by atoms with E-state index in [1.54, 1.807) is 10.9 Å². The summed E-state index contributed by atoms with van der Waals surface area (Å²) in [5.74, 6) is -0.270. The average Bonchev–Trinajstić information content (AvgIpc) is 3.28. The number of fused-ring (bicyclic) bond motifs is 1. The molecule has 0 saturated carbocycles. The summed E-state index contributed by atoms with van der Waals surface area (Å²) in [6.07, 6.45) is 1.58. The lowest BCUT2D eigenvalue weighted by Gasteiger charge is -2.14. The first-order chi connectivity index (χ1) is 17.8. The third-order valence-electron chi connectivity index (χ3n) is 6.62. The predicted octanol–water partition coefficient (Wildman–Crippen LogP) is 4.26. The van der Waals surface area contributed by atoms with Crippen molar-refractivity contribution in [2.75, 3.05) is 0 Å². The molecule has 0 unspecified atom stereocenters. The van der Waals surface area contributed by atoms with E-state index in [0.29, 0.717) is 23.3 Å². The van der Waals surface area contributed by atoms with E-state index in [1.165, 1.54) is 4.57 Å². The number of rotatable bonds is 7. The topological polar surface area (TPSA) is 78.9 Å². The quantitative estimate of drug-likeness (QED) is 0.318. The van der Waals surface area contributed by atoms with Crippen LogP contribution in [0.15, 0.2) is 88.7 Å². The molecule has 0 saturated heterocycles. The largest absolute Gasteiger partial charge is 0.333 e. The van der Waals surface area contributed by atoms with Crippen LogP contribution >= 0.6 is 0 Å². The Morgan fingerprint density at radius 1 is 0.784 bits per heavy atom. The molecule has 0 aliphatic carbocycles. The fourth-order valence-electron chi connectivity index (χ4n) is 5.03. The molecule has 3 aromatic carbocycles. The van der Waals surface area contributed by atoms with E-state index in [-0.39, 0.29) is 18.9 Å². The number of hydrogen-bond donors (Lipinski definition) is 0. The Balaban J connectivity index is 1.67. The van der Waals surface area contributed by atoms with Gasteiger partial charge in [0.1, 0.15) is 0 Å². The van der Waals surface area contributed by atoms with Gasteiger partial charge in [-0.25, -0.2) is 9.78 Å². The number of hydrogen-bond acceptors (Lipinski definition) is 4. The third kappa shape index (κ3) is 4.68. The van der Waals surface area contributed by atoms with E-state index >= 15 is 0 Å². The normalized spacial score (nSPS) is 11.2. The lowest BCUT2D eigenvalue weighted by atomic mass is 9.96. The van der Waals surface area contributed by atoms with Gasteiger partial charge in [0.15, 0.2) is 16.9 Å². The third-order valence-corrected chi connectivity index (χ3v) is 6.62. The molecule has 0 fully saturated rings. The maximum absolute atomic E-state index is 13.8. The molecule has 0 N–H and O–H groups in total. The minimum absolute atomic E-state index is 0.232. The SMILES string of the molecule is Cc1cc(C)c(C(=O)Cn2c(=O)c3c(ncn3Cc3ccccc3)n(Cc3ccccc3)c2=O)c(C)c1. The van der Waals surface area contributed by atoms with Gasteiger partial charge in [0, 0.05) is 12.1 Å². The second kappa shape index (κ2) is 9.85. The van der Waals surface area contributed by atoms with Crippen molar-refractivity contribution < 1.29 is 4.79 Å². The van der Waals surface area contributed by atoms with Gasteiger partial charge in [0.25, 0.3) is 5.56 Å². The number of nitrogens with zero attached hydrogens (tertiary/aromatic N) is 4. The molecule has 0 atom stereocenters. The second-order valence-corrected chi connectivity index (χ2v) is 9.47. The molecular formula is C30H28N4O3. The van der Waals surface area contributed by atoms with Gasteiger partial charge in [0.2, 0.25) is 0 Å². The van der Waals surface area contributed by atoms with E-state index in [9.17, 15) is 14.4 Å². The Hall–Kier alpha value is -4.52. The number of ketones is 1. The van der Waals surface area contributed by atoms with Crippen LogP contribution in [0.3, 0.4) is 0 Å². The van der Waals surface area contributed by atoms with Crippen LogP contribution in [0.25, 0.3) is 11.2 Å². The number of aromatic nitrogens is 4. The predicted molar refractivity (Wildman–Crippen MR) is 144 cm³/mol. The van der Waals surface area contributed by atoms with Gasteiger partial charge in [-0.3, -0.25) is 18.7 Å². The van der Waals surface area contributed by atoms with Gasteiger partial charge < -0.3 is 4.57 Å². The minimum Gasteiger partial charge on any atom is -0.320 e. The van der Waals surface area contributed by atoms with Crippen LogP contribution in [0.5, 0.6) is 0 Å². The van der Waals surface area contributed by atoms with Crippen LogP contribution in [0.4, 0.5) is 0 Å². The molecule has 0 aliphatic heterocycles. The maximum Gasteiger partial charge on any atom is 0.333 e. The molecule has 0 spiro atoms. The van der Waals surface area contributed by atoms with Crippen molar-refractivity contribution in [2.24, 2.45) is 0 Å². The minimum atomic E-state index is -0.554. The van der Waals surface area contributed by atoms with E-state index < -0.39 is 11.2 Å². The van der Waals surface area contributed by atoms with Crippen molar-refractivity contribution >= 4 is 16.9 Å². The molecule has 7 nitrogen and oxygen atoms in total. The van der Waals surface area contributed by atoms with Gasteiger partial charge in [-0.2, -0.15) is 0 Å². The van der Waals surface area contributed by atoms with Crippen molar-refractivity contribution in [3.05, 3.63) is 133 Å². The molecule has 5 rings (SSSR count). The fourth-order valence-corrected chi connectivity index (χ4v) is 5.03. The standard InChI is InChI=1S/C30H28N4O3/c1-20-14-21(2)26(22(3)15-20)25(35)18-34-29(36)27-28(31-19-32(27)16-23-10-6-4-7-11-23)33(30(34)37)17-24-12-8-5-9-13-24/h4-15,19H,16-18H2,1-3H3. The van der Waals surface area contributed by atoms with Crippen LogP contribution in [0, 0.1) is 20.8 Å². The zero-order chi connectivity index (χ0) is 26.1. The van der Waals surface area contributed by atoms with Crippen LogP contribution in [0.2, 0.25) is 0 Å². The van der Waals surface area contributed by atoms with Crippen LogP contribution in [-0.2, 0) is 19.6 Å². The lowest BCUT2D eigenvalue weighted by molar-refractivity contribution is 0.0967. The number of Topliss-reactive ketones (excluding diaryl/α,β-unsaturated/α-hetero) is 1. The highest BCUT2D eigenvalue weighted by molar-refractivity contribution is 5.98. The highest BCUT2D eigenvalue weighted by Crippen LogP contribution is 2.18. The van der Waals surface area contributed by atoms with Crippen molar-refractivity contribution in [2.45, 2.75) is 40.4 Å². The highest BCUT2D eigenvalue weighted by atomic mass is 16.2. The van der Waals surface area contributed by atoms with E-state index in [0.717, 1.165) is 32.4 Å². The maximum atomic E-state index is 13.8. The first-order valence-corrected chi connectivity index (χ1v) is 12.2. The molecule has 7 heteroatoms. The number of aryl methyl sites for hydroxylation is 3. The monoisotopic (exact) mass is 492 g/mol. The number of imidazole rings is 1. The van der Waals surface area contributed by atoms with E-state index in [1.807, 2.05) is 93.6 Å². The van der Waals surface area contributed by atoms with Crippen LogP contribution in [-0.4, -0.2) is 24.5 Å². The van der Waals surface area contributed by atoms with Crippen molar-refractivity contribution in [3.63, 3.8) is 0 Å². The van der Waals surface area contributed by atoms with Gasteiger partial charge in [0.05, 0.1) is 19.4 Å². The molecule has 0 aliphatic rings. The van der Waals surface area contributed by atoms with Gasteiger partial charge >= 0.3 is 5.69 Å². The lowest BCUT2D eigenvalue weighted by Crippen LogP contribution is -2.42. The highest BCUT2D eigenvalue weighted by Gasteiger charge is 2.22. The van der Waals surface area contributed by atoms with Crippen molar-refractivity contribution in [1.29, 1.82) is 0 Å². The van der Waals surface area contributed by atoms with Gasteiger partial charge in [-0.1, -0.05) is 78.4 Å².